The van der Waals surface area contributed by atoms with E-state index in [1.807, 2.05) is 25.7 Å². The van der Waals surface area contributed by atoms with Crippen molar-refractivity contribution in [2.75, 3.05) is 18.1 Å². The lowest BCUT2D eigenvalue weighted by atomic mass is 9.89. The molecule has 1 aromatic rings. The summed E-state index contributed by atoms with van der Waals surface area (Å²) in [4.78, 5) is 18.1. The van der Waals surface area contributed by atoms with Crippen LogP contribution in [0.1, 0.15) is 56.1 Å². The van der Waals surface area contributed by atoms with Crippen molar-refractivity contribution in [2.45, 2.75) is 51.5 Å². The minimum Gasteiger partial charge on any atom is -0.478 e. The Balaban J connectivity index is 2.44. The molecule has 0 unspecified atom stereocenters. The molecule has 0 spiro atoms. The van der Waals surface area contributed by atoms with Crippen LogP contribution in [0.4, 0.5) is 5.82 Å². The van der Waals surface area contributed by atoms with Gasteiger partial charge in [-0.05, 0) is 31.4 Å². The van der Waals surface area contributed by atoms with E-state index in [4.69, 9.17) is 0 Å². The minimum atomic E-state index is -0.943. The molecule has 21 heavy (non-hydrogen) atoms. The Bertz CT molecular complexity index is 519. The highest BCUT2D eigenvalue weighted by atomic mass is 16.4. The van der Waals surface area contributed by atoms with E-state index in [0.717, 1.165) is 18.5 Å². The van der Waals surface area contributed by atoms with E-state index in [-0.39, 0.29) is 17.6 Å². The number of carboxylic acids is 1. The number of pyridine rings is 1. The second-order valence-corrected chi connectivity index (χ2v) is 6.66. The molecule has 5 nitrogen and oxygen atoms in total. The predicted molar refractivity (Wildman–Crippen MR) is 82.0 cm³/mol. The second-order valence-electron chi connectivity index (χ2n) is 6.66. The molecule has 1 aliphatic rings. The highest BCUT2D eigenvalue weighted by Crippen LogP contribution is 2.31. The molecule has 0 amide bonds. The summed E-state index contributed by atoms with van der Waals surface area (Å²) in [5, 5.41) is 18.6. The zero-order valence-electron chi connectivity index (χ0n) is 13.0. The number of nitrogens with zero attached hydrogens (tertiary/aromatic N) is 2. The maximum atomic E-state index is 11.4. The number of carboxylic acid groups (broad SMARTS) is 1. The van der Waals surface area contributed by atoms with Crippen molar-refractivity contribution >= 4 is 11.8 Å². The molecule has 1 fully saturated rings. The summed E-state index contributed by atoms with van der Waals surface area (Å²) >= 11 is 0. The first-order valence-electron chi connectivity index (χ1n) is 7.46. The van der Waals surface area contributed by atoms with Crippen LogP contribution in [0.3, 0.4) is 0 Å². The lowest BCUT2D eigenvalue weighted by Gasteiger charge is -2.38. The van der Waals surface area contributed by atoms with E-state index in [1.54, 1.807) is 12.1 Å². The van der Waals surface area contributed by atoms with Crippen LogP contribution in [-0.4, -0.2) is 40.4 Å². The predicted octanol–water partition coefficient (Wildman–Crippen LogP) is 2.43. The Labute approximate surface area is 125 Å². The molecule has 1 heterocycles. The molecule has 0 saturated heterocycles. The fraction of sp³-hybridized carbons (Fsp3) is 0.625. The smallest absolute Gasteiger partial charge is 0.335 e. The van der Waals surface area contributed by atoms with Crippen molar-refractivity contribution in [2.24, 2.45) is 0 Å². The lowest BCUT2D eigenvalue weighted by Crippen LogP contribution is -2.42. The maximum absolute atomic E-state index is 11.4. The number of hydrogen-bond acceptors (Lipinski definition) is 4. The van der Waals surface area contributed by atoms with Gasteiger partial charge < -0.3 is 15.1 Å². The van der Waals surface area contributed by atoms with Gasteiger partial charge in [0.05, 0.1) is 12.2 Å². The second kappa shape index (κ2) is 6.02. The molecule has 5 heteroatoms. The molecule has 2 rings (SSSR count). The molecule has 1 saturated carbocycles. The molecule has 0 bridgehead atoms. The van der Waals surface area contributed by atoms with E-state index in [2.05, 4.69) is 4.98 Å². The minimum absolute atomic E-state index is 0.0420. The molecule has 1 aromatic heterocycles. The molecular weight excluding hydrogens is 268 g/mol. The van der Waals surface area contributed by atoms with Crippen LogP contribution in [0.2, 0.25) is 0 Å². The summed E-state index contributed by atoms with van der Waals surface area (Å²) in [5.74, 6) is -0.278. The van der Waals surface area contributed by atoms with E-state index < -0.39 is 5.97 Å². The maximum Gasteiger partial charge on any atom is 0.335 e. The summed E-state index contributed by atoms with van der Waals surface area (Å²) in [6.07, 6.45) is 3.32. The van der Waals surface area contributed by atoms with Crippen LogP contribution in [0.25, 0.3) is 0 Å². The molecule has 0 atom stereocenters. The van der Waals surface area contributed by atoms with Gasteiger partial charge in [0.1, 0.15) is 5.82 Å². The Morgan fingerprint density at radius 2 is 2.05 bits per heavy atom. The third-order valence-corrected chi connectivity index (χ3v) is 3.98. The molecule has 0 radical (unpaired) electrons. The fourth-order valence-corrected chi connectivity index (χ4v) is 2.46. The zero-order chi connectivity index (χ0) is 15.6. The quantitative estimate of drug-likeness (QED) is 0.872. The van der Waals surface area contributed by atoms with Crippen molar-refractivity contribution in [1.82, 2.24) is 4.98 Å². The number of aromatic nitrogens is 1. The van der Waals surface area contributed by atoms with Gasteiger partial charge in [-0.25, -0.2) is 9.78 Å². The standard InChI is InChI=1S/C16H24N2O3/c1-16(2,3)13-9-11(15(20)21)10-14(17-13)18(7-8-19)12-5-4-6-12/h9-10,12,19H,4-8H2,1-3H3,(H,20,21). The highest BCUT2D eigenvalue weighted by molar-refractivity contribution is 5.88. The summed E-state index contributed by atoms with van der Waals surface area (Å²) < 4.78 is 0. The van der Waals surface area contributed by atoms with Crippen LogP contribution in [-0.2, 0) is 5.41 Å². The van der Waals surface area contributed by atoms with Crippen molar-refractivity contribution in [3.8, 4) is 0 Å². The first-order chi connectivity index (χ1) is 9.82. The molecule has 0 aromatic carbocycles. The topological polar surface area (TPSA) is 73.7 Å². The van der Waals surface area contributed by atoms with Gasteiger partial charge in [-0.2, -0.15) is 0 Å². The largest absolute Gasteiger partial charge is 0.478 e. The van der Waals surface area contributed by atoms with Gasteiger partial charge in [-0.3, -0.25) is 0 Å². The van der Waals surface area contributed by atoms with Gasteiger partial charge >= 0.3 is 5.97 Å². The van der Waals surface area contributed by atoms with Crippen LogP contribution < -0.4 is 4.90 Å². The van der Waals surface area contributed by atoms with Crippen molar-refractivity contribution in [3.05, 3.63) is 23.4 Å². The number of aliphatic hydroxyl groups is 1. The lowest BCUT2D eigenvalue weighted by molar-refractivity contribution is 0.0696. The average Bonchev–Trinajstić information content (AvgIpc) is 2.34. The van der Waals surface area contributed by atoms with Crippen molar-refractivity contribution < 1.29 is 15.0 Å². The van der Waals surface area contributed by atoms with Crippen LogP contribution in [0.5, 0.6) is 0 Å². The first-order valence-corrected chi connectivity index (χ1v) is 7.46. The van der Waals surface area contributed by atoms with Crippen LogP contribution in [0.15, 0.2) is 12.1 Å². The zero-order valence-corrected chi connectivity index (χ0v) is 13.0. The van der Waals surface area contributed by atoms with Crippen LogP contribution in [0, 0.1) is 0 Å². The van der Waals surface area contributed by atoms with E-state index >= 15 is 0 Å². The Morgan fingerprint density at radius 3 is 2.48 bits per heavy atom. The summed E-state index contributed by atoms with van der Waals surface area (Å²) in [7, 11) is 0. The Morgan fingerprint density at radius 1 is 1.38 bits per heavy atom. The van der Waals surface area contributed by atoms with Gasteiger partial charge in [0, 0.05) is 23.7 Å². The Kier molecular flexibility index (Phi) is 4.52. The number of rotatable bonds is 5. The summed E-state index contributed by atoms with van der Waals surface area (Å²) in [6, 6.07) is 3.62. The van der Waals surface area contributed by atoms with Gasteiger partial charge in [-0.1, -0.05) is 20.8 Å². The third-order valence-electron chi connectivity index (χ3n) is 3.98. The molecular formula is C16H24N2O3. The molecule has 2 N–H and O–H groups in total. The molecule has 1 aliphatic carbocycles. The van der Waals surface area contributed by atoms with Gasteiger partial charge in [0.2, 0.25) is 0 Å². The number of aliphatic hydroxyl groups excluding tert-OH is 1. The Hall–Kier alpha value is -1.62. The number of hydrogen-bond donors (Lipinski definition) is 2. The van der Waals surface area contributed by atoms with E-state index in [0.29, 0.717) is 18.4 Å². The monoisotopic (exact) mass is 292 g/mol. The summed E-state index contributed by atoms with van der Waals surface area (Å²) in [5.41, 5.74) is 0.803. The third kappa shape index (κ3) is 3.53. The van der Waals surface area contributed by atoms with Crippen LogP contribution >= 0.6 is 0 Å². The molecule has 116 valence electrons. The highest BCUT2D eigenvalue weighted by Gasteiger charge is 2.28. The van der Waals surface area contributed by atoms with Crippen molar-refractivity contribution in [1.29, 1.82) is 0 Å². The summed E-state index contributed by atoms with van der Waals surface area (Å²) in [6.45, 7) is 6.59. The van der Waals surface area contributed by atoms with Gasteiger partial charge in [0.25, 0.3) is 0 Å². The van der Waals surface area contributed by atoms with E-state index in [1.165, 1.54) is 6.42 Å². The van der Waals surface area contributed by atoms with Crippen molar-refractivity contribution in [3.63, 3.8) is 0 Å². The van der Waals surface area contributed by atoms with Gasteiger partial charge in [-0.15, -0.1) is 0 Å². The SMILES string of the molecule is CC(C)(C)c1cc(C(=O)O)cc(N(CCO)C2CCC2)n1. The number of carbonyl (C=O) groups is 1. The normalized spacial score (nSPS) is 15.6. The van der Waals surface area contributed by atoms with E-state index in [9.17, 15) is 15.0 Å². The molecule has 0 aliphatic heterocycles. The number of anilines is 1. The average molecular weight is 292 g/mol. The first kappa shape index (κ1) is 15.8. The fourth-order valence-electron chi connectivity index (χ4n) is 2.46. The van der Waals surface area contributed by atoms with Gasteiger partial charge in [0.15, 0.2) is 0 Å². The number of aromatic carboxylic acids is 1.